The van der Waals surface area contributed by atoms with E-state index in [1.54, 1.807) is 0 Å². The fourth-order valence-electron chi connectivity index (χ4n) is 1.38. The highest BCUT2D eigenvalue weighted by molar-refractivity contribution is 6.17. The molecule has 1 aromatic carbocycles. The van der Waals surface area contributed by atoms with Gasteiger partial charge in [0, 0.05) is 23.6 Å². The second-order valence-electron chi connectivity index (χ2n) is 3.23. The van der Waals surface area contributed by atoms with E-state index in [2.05, 4.69) is 0 Å². The molecular weight excluding hydrogens is 240 g/mol. The first-order chi connectivity index (χ1) is 7.56. The summed E-state index contributed by atoms with van der Waals surface area (Å²) in [6.07, 6.45) is -1.73. The topological polar surface area (TPSA) is 43.1 Å². The summed E-state index contributed by atoms with van der Waals surface area (Å²) in [6.45, 7) is 0. The molecule has 0 aliphatic carbocycles. The number of alkyl halides is 3. The molecule has 0 aliphatic heterocycles. The molecule has 88 valence electrons. The molecule has 0 heterocycles. The van der Waals surface area contributed by atoms with E-state index in [0.717, 1.165) is 6.07 Å². The van der Waals surface area contributed by atoms with Crippen molar-refractivity contribution in [3.05, 3.63) is 39.4 Å². The van der Waals surface area contributed by atoms with E-state index in [0.29, 0.717) is 24.3 Å². The number of non-ortho nitro benzene ring substituents is 1. The summed E-state index contributed by atoms with van der Waals surface area (Å²) < 4.78 is 25.3. The molecule has 1 aromatic rings. The zero-order chi connectivity index (χ0) is 12.1. The summed E-state index contributed by atoms with van der Waals surface area (Å²) in [5.41, 5.74) is -0.175. The zero-order valence-corrected chi connectivity index (χ0v) is 9.08. The van der Waals surface area contributed by atoms with Gasteiger partial charge in [-0.05, 0) is 18.4 Å². The molecule has 1 rings (SSSR count). The predicted molar refractivity (Wildman–Crippen MR) is 57.1 cm³/mol. The minimum atomic E-state index is -2.70. The van der Waals surface area contributed by atoms with Gasteiger partial charge in [-0.2, -0.15) is 0 Å². The van der Waals surface area contributed by atoms with Crippen LogP contribution in [0.1, 0.15) is 24.0 Å². The van der Waals surface area contributed by atoms with E-state index in [4.69, 9.17) is 11.6 Å². The summed E-state index contributed by atoms with van der Waals surface area (Å²) in [4.78, 5) is 9.76. The lowest BCUT2D eigenvalue weighted by atomic mass is 10.0. The molecule has 0 amide bonds. The van der Waals surface area contributed by atoms with Gasteiger partial charge in [-0.3, -0.25) is 10.1 Å². The Labute approximate surface area is 96.2 Å². The Bertz CT molecular complexity index is 385. The number of halogens is 3. The van der Waals surface area contributed by atoms with Crippen molar-refractivity contribution >= 4 is 17.3 Å². The molecule has 0 fully saturated rings. The van der Waals surface area contributed by atoms with Gasteiger partial charge in [0.05, 0.1) is 4.92 Å². The molecule has 0 unspecified atom stereocenters. The van der Waals surface area contributed by atoms with Gasteiger partial charge in [0.1, 0.15) is 0 Å². The number of benzene rings is 1. The number of hydrogen-bond donors (Lipinski definition) is 0. The minimum absolute atomic E-state index is 0.278. The van der Waals surface area contributed by atoms with Crippen LogP contribution in [-0.2, 0) is 6.42 Å². The van der Waals surface area contributed by atoms with Crippen LogP contribution < -0.4 is 0 Å². The van der Waals surface area contributed by atoms with Crippen LogP contribution >= 0.6 is 11.6 Å². The second-order valence-corrected chi connectivity index (χ2v) is 3.61. The fourth-order valence-corrected chi connectivity index (χ4v) is 1.52. The van der Waals surface area contributed by atoms with Crippen LogP contribution in [0.4, 0.5) is 14.5 Å². The largest absolute Gasteiger partial charge is 0.269 e. The predicted octanol–water partition coefficient (Wildman–Crippen LogP) is 3.70. The Kier molecular flexibility index (Phi) is 4.61. The number of nitro benzene ring substituents is 1. The molecular formula is C10H10ClF2NO2. The van der Waals surface area contributed by atoms with Crippen LogP contribution in [0.3, 0.4) is 0 Å². The zero-order valence-electron chi connectivity index (χ0n) is 8.33. The Morgan fingerprint density at radius 1 is 1.44 bits per heavy atom. The number of aryl methyl sites for hydroxylation is 1. The molecule has 0 saturated heterocycles. The number of hydrogen-bond acceptors (Lipinski definition) is 2. The molecule has 0 aromatic heterocycles. The summed E-state index contributed by atoms with van der Waals surface area (Å²) in [5, 5.41) is 10.4. The quantitative estimate of drug-likeness (QED) is 0.454. The number of nitrogens with zero attached hydrogens (tertiary/aromatic N) is 1. The van der Waals surface area contributed by atoms with Gasteiger partial charge in [-0.15, -0.1) is 11.6 Å². The molecule has 0 saturated carbocycles. The van der Waals surface area contributed by atoms with Gasteiger partial charge in [0.15, 0.2) is 0 Å². The molecule has 6 heteroatoms. The van der Waals surface area contributed by atoms with Crippen LogP contribution in [0.2, 0.25) is 0 Å². The van der Waals surface area contributed by atoms with Crippen molar-refractivity contribution in [1.29, 1.82) is 0 Å². The maximum Gasteiger partial charge on any atom is 0.269 e. The lowest BCUT2D eigenvalue weighted by Crippen LogP contribution is -1.98. The highest BCUT2D eigenvalue weighted by atomic mass is 35.5. The Balaban J connectivity index is 3.04. The van der Waals surface area contributed by atoms with Crippen molar-refractivity contribution in [3.63, 3.8) is 0 Å². The van der Waals surface area contributed by atoms with Gasteiger partial charge in [-0.25, -0.2) is 8.78 Å². The monoisotopic (exact) mass is 249 g/mol. The van der Waals surface area contributed by atoms with Crippen LogP contribution in [-0.4, -0.2) is 10.8 Å². The standard InChI is InChI=1S/C10H10ClF2NO2/c11-5-1-2-7-3-4-8(14(15)16)6-9(7)10(12)13/h3-4,6,10H,1-2,5H2. The average Bonchev–Trinajstić information content (AvgIpc) is 2.25. The lowest BCUT2D eigenvalue weighted by molar-refractivity contribution is -0.385. The number of nitro groups is 1. The molecule has 0 aliphatic rings. The van der Waals surface area contributed by atoms with E-state index in [1.165, 1.54) is 12.1 Å². The summed E-state index contributed by atoms with van der Waals surface area (Å²) in [5.74, 6) is 0.375. The smallest absolute Gasteiger partial charge is 0.258 e. The molecule has 3 nitrogen and oxygen atoms in total. The summed E-state index contributed by atoms with van der Waals surface area (Å²) in [7, 11) is 0. The first-order valence-corrected chi connectivity index (χ1v) is 5.21. The van der Waals surface area contributed by atoms with Gasteiger partial charge in [0.25, 0.3) is 12.1 Å². The van der Waals surface area contributed by atoms with E-state index >= 15 is 0 Å². The van der Waals surface area contributed by atoms with Crippen molar-refractivity contribution < 1.29 is 13.7 Å². The van der Waals surface area contributed by atoms with Crippen molar-refractivity contribution in [1.82, 2.24) is 0 Å². The third-order valence-electron chi connectivity index (χ3n) is 2.16. The molecule has 0 N–H and O–H groups in total. The van der Waals surface area contributed by atoms with Crippen molar-refractivity contribution in [2.45, 2.75) is 19.3 Å². The summed E-state index contributed by atoms with van der Waals surface area (Å²) in [6, 6.07) is 3.52. The first-order valence-electron chi connectivity index (χ1n) is 4.67. The Hall–Kier alpha value is -1.23. The summed E-state index contributed by atoms with van der Waals surface area (Å²) >= 11 is 5.47. The van der Waals surface area contributed by atoms with Gasteiger partial charge < -0.3 is 0 Å². The lowest BCUT2D eigenvalue weighted by Gasteiger charge is -2.07. The van der Waals surface area contributed by atoms with Gasteiger partial charge in [0.2, 0.25) is 0 Å². The van der Waals surface area contributed by atoms with E-state index in [-0.39, 0.29) is 11.3 Å². The Morgan fingerprint density at radius 2 is 2.12 bits per heavy atom. The highest BCUT2D eigenvalue weighted by Crippen LogP contribution is 2.27. The van der Waals surface area contributed by atoms with E-state index in [1.807, 2.05) is 0 Å². The average molecular weight is 250 g/mol. The molecule has 0 bridgehead atoms. The molecule has 16 heavy (non-hydrogen) atoms. The van der Waals surface area contributed by atoms with Crippen LogP contribution in [0.15, 0.2) is 18.2 Å². The van der Waals surface area contributed by atoms with E-state index < -0.39 is 11.3 Å². The second kappa shape index (κ2) is 5.75. The molecule has 0 atom stereocenters. The Morgan fingerprint density at radius 3 is 2.62 bits per heavy atom. The van der Waals surface area contributed by atoms with Gasteiger partial charge >= 0.3 is 0 Å². The maximum absolute atomic E-state index is 12.6. The van der Waals surface area contributed by atoms with Crippen LogP contribution in [0, 0.1) is 10.1 Å². The normalized spacial score (nSPS) is 10.8. The number of rotatable bonds is 5. The molecule has 0 radical (unpaired) electrons. The SMILES string of the molecule is O=[N+]([O-])c1ccc(CCCCl)c(C(F)F)c1. The maximum atomic E-state index is 12.6. The van der Waals surface area contributed by atoms with E-state index in [9.17, 15) is 18.9 Å². The minimum Gasteiger partial charge on any atom is -0.258 e. The van der Waals surface area contributed by atoms with Crippen molar-refractivity contribution in [3.8, 4) is 0 Å². The van der Waals surface area contributed by atoms with Crippen molar-refractivity contribution in [2.75, 3.05) is 5.88 Å². The third-order valence-corrected chi connectivity index (χ3v) is 2.42. The van der Waals surface area contributed by atoms with Gasteiger partial charge in [-0.1, -0.05) is 6.07 Å². The highest BCUT2D eigenvalue weighted by Gasteiger charge is 2.17. The van der Waals surface area contributed by atoms with Crippen LogP contribution in [0.5, 0.6) is 0 Å². The molecule has 0 spiro atoms. The van der Waals surface area contributed by atoms with Crippen molar-refractivity contribution in [2.24, 2.45) is 0 Å². The fraction of sp³-hybridized carbons (Fsp3) is 0.400. The van der Waals surface area contributed by atoms with Crippen LogP contribution in [0.25, 0.3) is 0 Å². The third kappa shape index (κ3) is 3.13. The first kappa shape index (κ1) is 12.8.